The Morgan fingerprint density at radius 3 is 1.20 bits per heavy atom. The summed E-state index contributed by atoms with van der Waals surface area (Å²) in [7, 11) is 0. The summed E-state index contributed by atoms with van der Waals surface area (Å²) in [6.07, 6.45) is 4.51. The van der Waals surface area contributed by atoms with Crippen LogP contribution in [0, 0.1) is 0 Å². The first kappa shape index (κ1) is 37.6. The molecule has 2 nitrogen and oxygen atoms in total. The van der Waals surface area contributed by atoms with Gasteiger partial charge < -0.3 is 9.80 Å². The standard InChI is InChI=1S/C62H52N2/c1-61(2)51-25-9-7-21-45(51)59-47(23-13-27-53(59)61)57-43-33-31-42(64-36-16-20-40-18-6-12-30-56(40)64)38-50(43)58(48-24-14-28-54-60(48)46-22-8-10-26-52(46)62(54,3)4)44-34-32-41(37-49(44)57)63-35-15-19-39-17-5-11-29-55(39)63/h5-14,17-18,21-34,37-38H,15-16,19-20,35-36H2,1-4H3. The molecular formula is C62H52N2. The monoisotopic (exact) mass is 824 g/mol. The molecule has 4 aliphatic rings. The van der Waals surface area contributed by atoms with E-state index in [0.29, 0.717) is 0 Å². The minimum Gasteiger partial charge on any atom is -0.341 e. The second-order valence-electron chi connectivity index (χ2n) is 19.8. The lowest BCUT2D eigenvalue weighted by molar-refractivity contribution is 0.660. The molecule has 2 heterocycles. The number of anilines is 4. The molecule has 0 unspecified atom stereocenters. The highest BCUT2D eigenvalue weighted by atomic mass is 15.1. The zero-order valence-corrected chi connectivity index (χ0v) is 37.3. The zero-order valence-electron chi connectivity index (χ0n) is 37.3. The van der Waals surface area contributed by atoms with Gasteiger partial charge >= 0.3 is 0 Å². The van der Waals surface area contributed by atoms with Gasteiger partial charge in [0.15, 0.2) is 0 Å². The molecular weight excluding hydrogens is 773 g/mol. The third kappa shape index (κ3) is 5.26. The highest BCUT2D eigenvalue weighted by molar-refractivity contribution is 6.25. The van der Waals surface area contributed by atoms with Gasteiger partial charge in [0, 0.05) is 46.7 Å². The van der Waals surface area contributed by atoms with Crippen LogP contribution in [0.2, 0.25) is 0 Å². The molecule has 0 fully saturated rings. The Morgan fingerprint density at radius 2 is 0.734 bits per heavy atom. The maximum atomic E-state index is 2.58. The summed E-state index contributed by atoms with van der Waals surface area (Å²) in [5.41, 5.74) is 24.1. The summed E-state index contributed by atoms with van der Waals surface area (Å²) in [6, 6.07) is 65.5. The molecule has 9 aromatic rings. The van der Waals surface area contributed by atoms with Crippen LogP contribution in [0.4, 0.5) is 22.7 Å². The van der Waals surface area contributed by atoms with Crippen molar-refractivity contribution in [3.05, 3.63) is 203 Å². The van der Waals surface area contributed by atoms with Crippen LogP contribution in [-0.4, -0.2) is 13.1 Å². The van der Waals surface area contributed by atoms with Gasteiger partial charge in [-0.2, -0.15) is 0 Å². The molecule has 0 radical (unpaired) electrons. The lowest BCUT2D eigenvalue weighted by Crippen LogP contribution is -2.24. The van der Waals surface area contributed by atoms with E-state index in [0.717, 1.165) is 38.8 Å². The average Bonchev–Trinajstić information content (AvgIpc) is 3.72. The Balaban J connectivity index is 1.18. The first-order valence-corrected chi connectivity index (χ1v) is 23.5. The third-order valence-electron chi connectivity index (χ3n) is 15.7. The number of hydrogen-bond donors (Lipinski definition) is 0. The second-order valence-corrected chi connectivity index (χ2v) is 19.8. The number of nitrogens with zero attached hydrogens (tertiary/aromatic N) is 2. The Hall–Kier alpha value is -6.90. The van der Waals surface area contributed by atoms with Crippen LogP contribution in [0.1, 0.15) is 73.9 Å². The highest BCUT2D eigenvalue weighted by Crippen LogP contribution is 2.58. The normalized spacial score (nSPS) is 16.2. The van der Waals surface area contributed by atoms with E-state index in [1.54, 1.807) is 0 Å². The molecule has 0 spiro atoms. The van der Waals surface area contributed by atoms with Crippen molar-refractivity contribution in [1.29, 1.82) is 0 Å². The van der Waals surface area contributed by atoms with Crippen molar-refractivity contribution in [2.75, 3.05) is 22.9 Å². The number of fused-ring (bicyclic) bond motifs is 10. The topological polar surface area (TPSA) is 6.48 Å². The Kier molecular flexibility index (Phi) is 8.11. The lowest BCUT2D eigenvalue weighted by atomic mass is 9.79. The van der Waals surface area contributed by atoms with E-state index in [9.17, 15) is 0 Å². The number of para-hydroxylation sites is 2. The van der Waals surface area contributed by atoms with E-state index >= 15 is 0 Å². The first-order valence-electron chi connectivity index (χ1n) is 23.5. The fraction of sp³-hybridized carbons (Fsp3) is 0.194. The molecule has 0 aromatic heterocycles. The summed E-state index contributed by atoms with van der Waals surface area (Å²) in [6.45, 7) is 11.6. The quantitative estimate of drug-likeness (QED) is 0.163. The highest BCUT2D eigenvalue weighted by Gasteiger charge is 2.39. The Morgan fingerprint density at radius 1 is 0.344 bits per heavy atom. The van der Waals surface area contributed by atoms with Crippen LogP contribution in [0.3, 0.4) is 0 Å². The number of aryl methyl sites for hydroxylation is 2. The van der Waals surface area contributed by atoms with Gasteiger partial charge in [0.05, 0.1) is 0 Å². The smallest absolute Gasteiger partial charge is 0.0443 e. The average molecular weight is 825 g/mol. The molecule has 310 valence electrons. The molecule has 0 saturated heterocycles. The van der Waals surface area contributed by atoms with Gasteiger partial charge in [-0.1, -0.05) is 161 Å². The largest absolute Gasteiger partial charge is 0.341 e. The van der Waals surface area contributed by atoms with Crippen molar-refractivity contribution in [3.63, 3.8) is 0 Å². The van der Waals surface area contributed by atoms with Gasteiger partial charge in [-0.15, -0.1) is 0 Å². The summed E-state index contributed by atoms with van der Waals surface area (Å²) in [5.74, 6) is 0. The minimum atomic E-state index is -0.115. The van der Waals surface area contributed by atoms with E-state index < -0.39 is 0 Å². The van der Waals surface area contributed by atoms with Crippen LogP contribution < -0.4 is 9.80 Å². The lowest BCUT2D eigenvalue weighted by Gasteiger charge is -2.33. The molecule has 0 bridgehead atoms. The van der Waals surface area contributed by atoms with Crippen molar-refractivity contribution in [2.24, 2.45) is 0 Å². The molecule has 64 heavy (non-hydrogen) atoms. The number of benzene rings is 9. The summed E-state index contributed by atoms with van der Waals surface area (Å²) >= 11 is 0. The van der Waals surface area contributed by atoms with Gasteiger partial charge in [0.1, 0.15) is 0 Å². The van der Waals surface area contributed by atoms with Crippen LogP contribution in [0.15, 0.2) is 170 Å². The first-order chi connectivity index (χ1) is 31.3. The summed E-state index contributed by atoms with van der Waals surface area (Å²) in [4.78, 5) is 5.16. The van der Waals surface area contributed by atoms with E-state index in [4.69, 9.17) is 0 Å². The van der Waals surface area contributed by atoms with Gasteiger partial charge in [0.25, 0.3) is 0 Å². The van der Waals surface area contributed by atoms with E-state index in [2.05, 4.69) is 207 Å². The van der Waals surface area contributed by atoms with Gasteiger partial charge in [-0.25, -0.2) is 0 Å². The van der Waals surface area contributed by atoms with E-state index in [1.165, 1.54) is 122 Å². The molecule has 2 heteroatoms. The molecule has 2 aliphatic carbocycles. The van der Waals surface area contributed by atoms with Crippen LogP contribution in [0.5, 0.6) is 0 Å². The number of rotatable bonds is 4. The fourth-order valence-electron chi connectivity index (χ4n) is 12.6. The predicted molar refractivity (Wildman–Crippen MR) is 271 cm³/mol. The maximum absolute atomic E-state index is 2.58. The molecule has 0 saturated carbocycles. The Labute approximate surface area is 377 Å². The fourth-order valence-corrected chi connectivity index (χ4v) is 12.6. The predicted octanol–water partition coefficient (Wildman–Crippen LogP) is 16.1. The maximum Gasteiger partial charge on any atom is 0.0443 e. The molecule has 0 N–H and O–H groups in total. The van der Waals surface area contributed by atoms with E-state index in [1.807, 2.05) is 0 Å². The van der Waals surface area contributed by atoms with Crippen molar-refractivity contribution in [3.8, 4) is 44.5 Å². The molecule has 0 atom stereocenters. The van der Waals surface area contributed by atoms with Crippen molar-refractivity contribution >= 4 is 44.3 Å². The second kappa shape index (κ2) is 13.8. The van der Waals surface area contributed by atoms with Crippen LogP contribution in [0.25, 0.3) is 66.1 Å². The minimum absolute atomic E-state index is 0.115. The summed E-state index contributed by atoms with van der Waals surface area (Å²) < 4.78 is 0. The molecule has 0 amide bonds. The molecule has 13 rings (SSSR count). The summed E-state index contributed by atoms with van der Waals surface area (Å²) in [5, 5.41) is 5.20. The molecule has 9 aromatic carbocycles. The SMILES string of the molecule is CC1(C)c2ccccc2-c2c(-c3c4ccc(N5CCCc6ccccc65)cc4c(-c4cccc5c4-c4ccccc4C5(C)C)c4ccc(N5CCCc6ccccc65)cc34)cccc21. The Bertz CT molecular complexity index is 3190. The van der Waals surface area contributed by atoms with Gasteiger partial charge in [-0.05, 0) is 162 Å². The van der Waals surface area contributed by atoms with Crippen molar-refractivity contribution in [2.45, 2.75) is 64.2 Å². The number of hydrogen-bond acceptors (Lipinski definition) is 2. The van der Waals surface area contributed by atoms with Crippen molar-refractivity contribution in [1.82, 2.24) is 0 Å². The zero-order chi connectivity index (χ0) is 42.9. The van der Waals surface area contributed by atoms with Gasteiger partial charge in [-0.3, -0.25) is 0 Å². The van der Waals surface area contributed by atoms with Gasteiger partial charge in [0.2, 0.25) is 0 Å². The van der Waals surface area contributed by atoms with Crippen molar-refractivity contribution < 1.29 is 0 Å². The van der Waals surface area contributed by atoms with Crippen LogP contribution in [-0.2, 0) is 23.7 Å². The molecule has 2 aliphatic heterocycles. The third-order valence-corrected chi connectivity index (χ3v) is 15.7. The van der Waals surface area contributed by atoms with E-state index in [-0.39, 0.29) is 10.8 Å². The van der Waals surface area contributed by atoms with Crippen LogP contribution >= 0.6 is 0 Å².